The number of carbonyl (C=O) groups excluding carboxylic acids is 2. The molecule has 0 aromatic heterocycles. The van der Waals surface area contributed by atoms with Gasteiger partial charge in [0, 0.05) is 38.1 Å². The van der Waals surface area contributed by atoms with Gasteiger partial charge in [-0.15, -0.1) is 0 Å². The Morgan fingerprint density at radius 3 is 2.42 bits per heavy atom. The molecule has 5 nitrogen and oxygen atoms in total. The lowest BCUT2D eigenvalue weighted by Crippen LogP contribution is -2.41. The van der Waals surface area contributed by atoms with E-state index in [2.05, 4.69) is 26.8 Å². The van der Waals surface area contributed by atoms with Gasteiger partial charge in [0.1, 0.15) is 11.9 Å². The van der Waals surface area contributed by atoms with E-state index in [9.17, 15) is 9.59 Å². The highest BCUT2D eigenvalue weighted by atomic mass is 16.5. The molecule has 0 spiro atoms. The summed E-state index contributed by atoms with van der Waals surface area (Å²) in [6.45, 7) is 9.79. The zero-order chi connectivity index (χ0) is 19.2. The van der Waals surface area contributed by atoms with Gasteiger partial charge in [-0.3, -0.25) is 4.79 Å². The monoisotopic (exact) mass is 359 g/mol. The number of piperidine rings is 1. The Morgan fingerprint density at radius 1 is 1.15 bits per heavy atom. The highest BCUT2D eigenvalue weighted by Gasteiger charge is 2.25. The number of hydrogen-bond acceptors (Lipinski definition) is 4. The van der Waals surface area contributed by atoms with E-state index in [-0.39, 0.29) is 17.4 Å². The Hall–Kier alpha value is -2.30. The lowest BCUT2D eigenvalue weighted by molar-refractivity contribution is -0.137. The van der Waals surface area contributed by atoms with Crippen LogP contribution in [0, 0.1) is 0 Å². The van der Waals surface area contributed by atoms with Crippen molar-refractivity contribution in [3.05, 3.63) is 42.0 Å². The number of para-hydroxylation sites is 1. The van der Waals surface area contributed by atoms with Gasteiger partial charge in [-0.05, 0) is 24.0 Å². The van der Waals surface area contributed by atoms with Crippen LogP contribution in [0.2, 0.25) is 0 Å². The zero-order valence-electron chi connectivity index (χ0n) is 16.2. The van der Waals surface area contributed by atoms with E-state index in [1.165, 1.54) is 17.7 Å². The van der Waals surface area contributed by atoms with Gasteiger partial charge in [0.15, 0.2) is 0 Å². The second-order valence-electron chi connectivity index (χ2n) is 7.47. The molecule has 0 atom stereocenters. The van der Waals surface area contributed by atoms with Crippen LogP contribution >= 0.6 is 0 Å². The fourth-order valence-electron chi connectivity index (χ4n) is 3.00. The summed E-state index contributed by atoms with van der Waals surface area (Å²) < 4.78 is 11.0. The number of esters is 1. The quantitative estimate of drug-likeness (QED) is 0.597. The Kier molecular flexibility index (Phi) is 6.83. The third kappa shape index (κ3) is 5.61. The summed E-state index contributed by atoms with van der Waals surface area (Å²) in [5.41, 5.74) is 1.21. The fourth-order valence-corrected chi connectivity index (χ4v) is 3.00. The van der Waals surface area contributed by atoms with Crippen molar-refractivity contribution in [3.8, 4) is 5.75 Å². The Morgan fingerprint density at radius 2 is 1.81 bits per heavy atom. The number of benzene rings is 1. The number of likely N-dealkylation sites (tertiary alicyclic amines) is 1. The first-order chi connectivity index (χ1) is 12.3. The first-order valence-corrected chi connectivity index (χ1v) is 9.21. The van der Waals surface area contributed by atoms with Crippen molar-refractivity contribution in [2.24, 2.45) is 0 Å². The molecule has 1 aromatic rings. The SMILES string of the molecule is CCOC(=O)C=CC(=O)N1CCC(Oc2ccccc2C(C)(C)C)CC1. The molecular weight excluding hydrogens is 330 g/mol. The molecule has 1 aromatic carbocycles. The number of rotatable bonds is 5. The smallest absolute Gasteiger partial charge is 0.330 e. The van der Waals surface area contributed by atoms with E-state index < -0.39 is 5.97 Å². The topological polar surface area (TPSA) is 55.8 Å². The number of hydrogen-bond donors (Lipinski definition) is 0. The van der Waals surface area contributed by atoms with Crippen LogP contribution in [0.1, 0.15) is 46.1 Å². The van der Waals surface area contributed by atoms with E-state index >= 15 is 0 Å². The van der Waals surface area contributed by atoms with Gasteiger partial charge in [-0.2, -0.15) is 0 Å². The summed E-state index contributed by atoms with van der Waals surface area (Å²) in [5, 5.41) is 0. The molecule has 1 saturated heterocycles. The summed E-state index contributed by atoms with van der Waals surface area (Å²) in [5.74, 6) is 0.274. The molecule has 1 heterocycles. The summed E-state index contributed by atoms with van der Waals surface area (Å²) in [6, 6.07) is 8.14. The molecule has 1 aliphatic heterocycles. The van der Waals surface area contributed by atoms with Crippen LogP contribution in [0.4, 0.5) is 0 Å². The molecule has 5 heteroatoms. The number of carbonyl (C=O) groups is 2. The predicted molar refractivity (Wildman–Crippen MR) is 101 cm³/mol. The number of ether oxygens (including phenoxy) is 2. The molecule has 1 aliphatic rings. The number of nitrogens with zero attached hydrogens (tertiary/aromatic N) is 1. The minimum atomic E-state index is -0.488. The Labute approximate surface area is 156 Å². The molecule has 0 aliphatic carbocycles. The predicted octanol–water partition coefficient (Wildman–Crippen LogP) is 3.47. The van der Waals surface area contributed by atoms with Crippen LogP contribution in [0.3, 0.4) is 0 Å². The van der Waals surface area contributed by atoms with Gasteiger partial charge in [0.05, 0.1) is 6.61 Å². The van der Waals surface area contributed by atoms with E-state index in [1.54, 1.807) is 11.8 Å². The first-order valence-electron chi connectivity index (χ1n) is 9.21. The normalized spacial score (nSPS) is 15.9. The van der Waals surface area contributed by atoms with E-state index in [4.69, 9.17) is 9.47 Å². The summed E-state index contributed by atoms with van der Waals surface area (Å²) in [6.07, 6.45) is 4.12. The lowest BCUT2D eigenvalue weighted by atomic mass is 9.86. The second-order valence-corrected chi connectivity index (χ2v) is 7.47. The molecule has 0 bridgehead atoms. The third-order valence-corrected chi connectivity index (χ3v) is 4.39. The maximum Gasteiger partial charge on any atom is 0.330 e. The maximum absolute atomic E-state index is 12.1. The van der Waals surface area contributed by atoms with Crippen LogP contribution in [-0.2, 0) is 19.7 Å². The largest absolute Gasteiger partial charge is 0.490 e. The van der Waals surface area contributed by atoms with Crippen molar-refractivity contribution in [2.75, 3.05) is 19.7 Å². The summed E-state index contributed by atoms with van der Waals surface area (Å²) in [7, 11) is 0. The Balaban J connectivity index is 1.90. The van der Waals surface area contributed by atoms with E-state index in [1.807, 2.05) is 18.2 Å². The van der Waals surface area contributed by atoms with Gasteiger partial charge in [-0.25, -0.2) is 4.79 Å². The van der Waals surface area contributed by atoms with Gasteiger partial charge >= 0.3 is 5.97 Å². The average Bonchev–Trinajstić information content (AvgIpc) is 2.60. The minimum absolute atomic E-state index is 0.0190. The van der Waals surface area contributed by atoms with Crippen molar-refractivity contribution in [2.45, 2.75) is 52.1 Å². The van der Waals surface area contributed by atoms with Gasteiger partial charge in [0.2, 0.25) is 5.91 Å². The van der Waals surface area contributed by atoms with Crippen LogP contribution in [-0.4, -0.2) is 42.6 Å². The standard InChI is InChI=1S/C21H29NO4/c1-5-25-20(24)11-10-19(23)22-14-12-16(13-15-22)26-18-9-7-6-8-17(18)21(2,3)4/h6-11,16H,5,12-15H2,1-4H3. The van der Waals surface area contributed by atoms with Crippen molar-refractivity contribution >= 4 is 11.9 Å². The highest BCUT2D eigenvalue weighted by Crippen LogP contribution is 2.32. The molecule has 142 valence electrons. The van der Waals surface area contributed by atoms with E-state index in [0.717, 1.165) is 18.6 Å². The fraction of sp³-hybridized carbons (Fsp3) is 0.524. The molecule has 26 heavy (non-hydrogen) atoms. The summed E-state index contributed by atoms with van der Waals surface area (Å²) in [4.78, 5) is 25.2. The third-order valence-electron chi connectivity index (χ3n) is 4.39. The second kappa shape index (κ2) is 8.88. The van der Waals surface area contributed by atoms with Gasteiger partial charge in [-0.1, -0.05) is 39.0 Å². The highest BCUT2D eigenvalue weighted by molar-refractivity contribution is 5.94. The van der Waals surface area contributed by atoms with Crippen LogP contribution in [0.5, 0.6) is 5.75 Å². The maximum atomic E-state index is 12.1. The minimum Gasteiger partial charge on any atom is -0.490 e. The molecular formula is C21H29NO4. The van der Waals surface area contributed by atoms with E-state index in [0.29, 0.717) is 19.7 Å². The molecule has 1 fully saturated rings. The van der Waals surface area contributed by atoms with Crippen molar-refractivity contribution in [3.63, 3.8) is 0 Å². The van der Waals surface area contributed by atoms with Crippen molar-refractivity contribution in [1.29, 1.82) is 0 Å². The summed E-state index contributed by atoms with van der Waals surface area (Å²) >= 11 is 0. The molecule has 0 unspecified atom stereocenters. The first kappa shape index (κ1) is 20.0. The molecule has 2 rings (SSSR count). The number of amides is 1. The van der Waals surface area contributed by atoms with Gasteiger partial charge in [0.25, 0.3) is 0 Å². The molecule has 0 saturated carbocycles. The van der Waals surface area contributed by atoms with Gasteiger partial charge < -0.3 is 14.4 Å². The van der Waals surface area contributed by atoms with Crippen LogP contribution < -0.4 is 4.74 Å². The molecule has 1 amide bonds. The van der Waals surface area contributed by atoms with Crippen LogP contribution in [0.15, 0.2) is 36.4 Å². The Bertz CT molecular complexity index is 652. The average molecular weight is 359 g/mol. The van der Waals surface area contributed by atoms with Crippen molar-refractivity contribution < 1.29 is 19.1 Å². The van der Waals surface area contributed by atoms with Crippen LogP contribution in [0.25, 0.3) is 0 Å². The zero-order valence-corrected chi connectivity index (χ0v) is 16.2. The van der Waals surface area contributed by atoms with Crippen molar-refractivity contribution in [1.82, 2.24) is 4.90 Å². The molecule has 0 N–H and O–H groups in total. The lowest BCUT2D eigenvalue weighted by Gasteiger charge is -2.33. The molecule has 0 radical (unpaired) electrons.